The van der Waals surface area contributed by atoms with E-state index >= 15 is 0 Å². The lowest BCUT2D eigenvalue weighted by Gasteiger charge is -2.21. The van der Waals surface area contributed by atoms with Crippen LogP contribution in [0.1, 0.15) is 15.9 Å². The highest BCUT2D eigenvalue weighted by molar-refractivity contribution is 6.67. The van der Waals surface area contributed by atoms with Gasteiger partial charge in [-0.25, -0.2) is 0 Å². The van der Waals surface area contributed by atoms with Crippen molar-refractivity contribution in [2.24, 2.45) is 0 Å². The molecule has 3 nitrogen and oxygen atoms in total. The summed E-state index contributed by atoms with van der Waals surface area (Å²) in [4.78, 5) is 13.0. The van der Waals surface area contributed by atoms with Gasteiger partial charge < -0.3 is 10.2 Å². The zero-order chi connectivity index (χ0) is 12.7. The van der Waals surface area contributed by atoms with Crippen LogP contribution < -0.4 is 5.32 Å². The molecule has 17 heavy (non-hydrogen) atoms. The quantitative estimate of drug-likeness (QED) is 0.777. The van der Waals surface area contributed by atoms with Crippen molar-refractivity contribution in [2.75, 3.05) is 33.2 Å². The third-order valence-electron chi connectivity index (χ3n) is 2.70. The van der Waals surface area contributed by atoms with Crippen molar-refractivity contribution >= 4 is 16.8 Å². The van der Waals surface area contributed by atoms with E-state index in [9.17, 15) is 4.79 Å². The molecule has 1 saturated heterocycles. The van der Waals surface area contributed by atoms with E-state index < -0.39 is 5.24 Å². The number of nitrogens with zero attached hydrogens (tertiary/aromatic N) is 1. The van der Waals surface area contributed by atoms with Crippen LogP contribution in [-0.4, -0.2) is 43.4 Å². The number of halogens is 1. The molecule has 4 heteroatoms. The van der Waals surface area contributed by atoms with Crippen LogP contribution in [0.15, 0.2) is 24.3 Å². The van der Waals surface area contributed by atoms with Crippen LogP contribution >= 0.6 is 11.6 Å². The maximum absolute atomic E-state index is 10.6. The van der Waals surface area contributed by atoms with Gasteiger partial charge in [-0.1, -0.05) is 18.2 Å². The van der Waals surface area contributed by atoms with Crippen molar-refractivity contribution in [1.29, 1.82) is 0 Å². The van der Waals surface area contributed by atoms with Gasteiger partial charge in [-0.05, 0) is 37.2 Å². The lowest BCUT2D eigenvalue weighted by molar-refractivity contribution is 0.108. The van der Waals surface area contributed by atoms with Crippen molar-refractivity contribution in [3.63, 3.8) is 0 Å². The Morgan fingerprint density at radius 1 is 1.29 bits per heavy atom. The molecule has 0 atom stereocenters. The lowest BCUT2D eigenvalue weighted by Crippen LogP contribution is -2.40. The molecule has 1 N–H and O–H groups in total. The molecule has 2 rings (SSSR count). The molecular formula is C13H19ClN2O. The molecule has 0 saturated carbocycles. The summed E-state index contributed by atoms with van der Waals surface area (Å²) in [5, 5.41) is 2.88. The van der Waals surface area contributed by atoms with Crippen molar-refractivity contribution < 1.29 is 4.79 Å². The van der Waals surface area contributed by atoms with Crippen LogP contribution in [0.5, 0.6) is 0 Å². The van der Waals surface area contributed by atoms with Gasteiger partial charge in [0.2, 0.25) is 0 Å². The van der Waals surface area contributed by atoms with Crippen LogP contribution in [0.2, 0.25) is 0 Å². The van der Waals surface area contributed by atoms with Gasteiger partial charge in [0, 0.05) is 31.7 Å². The zero-order valence-electron chi connectivity index (χ0n) is 10.4. The molecule has 1 aliphatic heterocycles. The van der Waals surface area contributed by atoms with Crippen molar-refractivity contribution in [1.82, 2.24) is 10.2 Å². The highest BCUT2D eigenvalue weighted by Crippen LogP contribution is 2.08. The molecule has 0 spiro atoms. The van der Waals surface area contributed by atoms with Gasteiger partial charge in [-0.2, -0.15) is 0 Å². The molecule has 0 aliphatic carbocycles. The molecule has 94 valence electrons. The molecule has 1 aromatic rings. The predicted molar refractivity (Wildman–Crippen MR) is 71.7 cm³/mol. The van der Waals surface area contributed by atoms with Crippen molar-refractivity contribution in [3.8, 4) is 0 Å². The SMILES string of the molecule is CN1CCNCC1.Cc1ccccc1C(=O)Cl. The maximum atomic E-state index is 10.6. The largest absolute Gasteiger partial charge is 0.314 e. The van der Waals surface area contributed by atoms with Gasteiger partial charge in [0.15, 0.2) is 0 Å². The van der Waals surface area contributed by atoms with E-state index in [4.69, 9.17) is 11.6 Å². The van der Waals surface area contributed by atoms with Gasteiger partial charge in [0.1, 0.15) is 0 Å². The number of carbonyl (C=O) groups excluding carboxylic acids is 1. The van der Waals surface area contributed by atoms with Crippen LogP contribution in [0.25, 0.3) is 0 Å². The Balaban J connectivity index is 0.000000181. The minimum absolute atomic E-state index is 0.391. The Morgan fingerprint density at radius 3 is 2.24 bits per heavy atom. The van der Waals surface area contributed by atoms with E-state index in [1.165, 1.54) is 13.1 Å². The number of hydrogen-bond acceptors (Lipinski definition) is 3. The topological polar surface area (TPSA) is 32.3 Å². The second-order valence-electron chi connectivity index (χ2n) is 4.14. The molecule has 1 heterocycles. The Bertz CT molecular complexity index is 362. The number of rotatable bonds is 1. The smallest absolute Gasteiger partial charge is 0.252 e. The fraction of sp³-hybridized carbons (Fsp3) is 0.462. The average Bonchev–Trinajstić information content (AvgIpc) is 2.31. The number of aryl methyl sites for hydroxylation is 1. The van der Waals surface area contributed by atoms with E-state index in [-0.39, 0.29) is 0 Å². The first-order chi connectivity index (χ1) is 8.11. The Morgan fingerprint density at radius 2 is 1.88 bits per heavy atom. The van der Waals surface area contributed by atoms with Crippen molar-refractivity contribution in [2.45, 2.75) is 6.92 Å². The molecule has 0 bridgehead atoms. The zero-order valence-corrected chi connectivity index (χ0v) is 11.1. The number of nitrogens with one attached hydrogen (secondary N) is 1. The van der Waals surface area contributed by atoms with Crippen LogP contribution in [-0.2, 0) is 0 Å². The number of carbonyl (C=O) groups is 1. The van der Waals surface area contributed by atoms with Crippen LogP contribution in [0.4, 0.5) is 0 Å². The summed E-state index contributed by atoms with van der Waals surface area (Å²) in [6, 6.07) is 7.24. The second-order valence-corrected chi connectivity index (χ2v) is 4.49. The number of likely N-dealkylation sites (N-methyl/N-ethyl adjacent to an activating group) is 1. The number of benzene rings is 1. The Hall–Kier alpha value is -0.900. The molecule has 0 aromatic heterocycles. The molecule has 1 aliphatic rings. The first kappa shape index (κ1) is 14.2. The summed E-state index contributed by atoms with van der Waals surface area (Å²) < 4.78 is 0. The first-order valence-electron chi connectivity index (χ1n) is 5.76. The van der Waals surface area contributed by atoms with Gasteiger partial charge in [0.05, 0.1) is 0 Å². The second kappa shape index (κ2) is 7.43. The summed E-state index contributed by atoms with van der Waals surface area (Å²) in [5.41, 5.74) is 1.51. The minimum Gasteiger partial charge on any atom is -0.314 e. The lowest BCUT2D eigenvalue weighted by atomic mass is 10.1. The Kier molecular flexibility index (Phi) is 6.19. The first-order valence-corrected chi connectivity index (χ1v) is 6.14. The number of piperazine rings is 1. The molecule has 1 aromatic carbocycles. The number of hydrogen-bond donors (Lipinski definition) is 1. The van der Waals surface area contributed by atoms with E-state index in [0.29, 0.717) is 5.56 Å². The summed E-state index contributed by atoms with van der Waals surface area (Å²) in [5.74, 6) is 0. The van der Waals surface area contributed by atoms with Gasteiger partial charge in [-0.3, -0.25) is 4.79 Å². The average molecular weight is 255 g/mol. The summed E-state index contributed by atoms with van der Waals surface area (Å²) in [6.07, 6.45) is 0. The minimum atomic E-state index is -0.391. The van der Waals surface area contributed by atoms with E-state index in [1.54, 1.807) is 12.1 Å². The fourth-order valence-corrected chi connectivity index (χ4v) is 1.78. The third kappa shape index (κ3) is 5.31. The summed E-state index contributed by atoms with van der Waals surface area (Å²) in [7, 11) is 2.15. The van der Waals surface area contributed by atoms with Gasteiger partial charge in [0.25, 0.3) is 5.24 Å². The molecule has 0 radical (unpaired) electrons. The fourth-order valence-electron chi connectivity index (χ4n) is 1.57. The summed E-state index contributed by atoms with van der Waals surface area (Å²) in [6.45, 7) is 6.60. The molecule has 0 unspecified atom stereocenters. The van der Waals surface area contributed by atoms with Gasteiger partial charge >= 0.3 is 0 Å². The maximum Gasteiger partial charge on any atom is 0.252 e. The summed E-state index contributed by atoms with van der Waals surface area (Å²) >= 11 is 5.27. The highest BCUT2D eigenvalue weighted by Gasteiger charge is 2.02. The van der Waals surface area contributed by atoms with Crippen molar-refractivity contribution in [3.05, 3.63) is 35.4 Å². The molecule has 0 amide bonds. The van der Waals surface area contributed by atoms with Crippen LogP contribution in [0, 0.1) is 6.92 Å². The normalized spacial score (nSPS) is 15.9. The monoisotopic (exact) mass is 254 g/mol. The van der Waals surface area contributed by atoms with Gasteiger partial charge in [-0.15, -0.1) is 0 Å². The van der Waals surface area contributed by atoms with E-state index in [2.05, 4.69) is 17.3 Å². The standard InChI is InChI=1S/C8H7ClO.C5H12N2/c1-6-4-2-3-5-7(6)8(9)10;1-7-4-2-6-3-5-7/h2-5H,1H3;6H,2-5H2,1H3. The van der Waals surface area contributed by atoms with E-state index in [1.807, 2.05) is 19.1 Å². The highest BCUT2D eigenvalue weighted by atomic mass is 35.5. The Labute approximate surface area is 108 Å². The van der Waals surface area contributed by atoms with E-state index in [0.717, 1.165) is 18.7 Å². The molecular weight excluding hydrogens is 236 g/mol. The molecule has 1 fully saturated rings. The van der Waals surface area contributed by atoms with Crippen LogP contribution in [0.3, 0.4) is 0 Å². The predicted octanol–water partition coefficient (Wildman–Crippen LogP) is 1.90. The third-order valence-corrected chi connectivity index (χ3v) is 2.90.